The van der Waals surface area contributed by atoms with Gasteiger partial charge in [0.15, 0.2) is 0 Å². The number of aliphatic carboxylic acids is 1. The van der Waals surface area contributed by atoms with E-state index in [0.717, 1.165) is 0 Å². The van der Waals surface area contributed by atoms with Crippen molar-refractivity contribution in [2.45, 2.75) is 25.8 Å². The summed E-state index contributed by atoms with van der Waals surface area (Å²) in [5.41, 5.74) is 0.372. The first-order valence-electron chi connectivity index (χ1n) is 5.66. The minimum absolute atomic E-state index is 0.132. The van der Waals surface area contributed by atoms with Crippen LogP contribution in [0.3, 0.4) is 0 Å². The molecular formula is C12H14Cl2N2O3. The second-order valence-corrected chi connectivity index (χ2v) is 4.77. The van der Waals surface area contributed by atoms with E-state index in [1.165, 1.54) is 6.07 Å². The number of rotatable bonds is 5. The van der Waals surface area contributed by atoms with E-state index in [9.17, 15) is 9.59 Å². The van der Waals surface area contributed by atoms with Crippen molar-refractivity contribution in [2.75, 3.05) is 5.32 Å². The van der Waals surface area contributed by atoms with Crippen molar-refractivity contribution in [1.29, 1.82) is 0 Å². The number of carboxylic acids is 1. The van der Waals surface area contributed by atoms with Crippen molar-refractivity contribution >= 4 is 40.9 Å². The van der Waals surface area contributed by atoms with Crippen LogP contribution < -0.4 is 10.6 Å². The monoisotopic (exact) mass is 304 g/mol. The molecule has 2 amide bonds. The van der Waals surface area contributed by atoms with Gasteiger partial charge in [0.25, 0.3) is 0 Å². The minimum atomic E-state index is -0.965. The lowest BCUT2D eigenvalue weighted by Crippen LogP contribution is -2.38. The molecule has 0 aliphatic rings. The maximum Gasteiger partial charge on any atom is 0.319 e. The van der Waals surface area contributed by atoms with Crippen LogP contribution in [0.4, 0.5) is 10.5 Å². The first-order chi connectivity index (χ1) is 8.92. The Morgan fingerprint density at radius 1 is 1.37 bits per heavy atom. The second-order valence-electron chi connectivity index (χ2n) is 3.93. The normalized spacial score (nSPS) is 11.7. The number of anilines is 1. The lowest BCUT2D eigenvalue weighted by atomic mass is 10.1. The van der Waals surface area contributed by atoms with Gasteiger partial charge in [-0.2, -0.15) is 0 Å². The van der Waals surface area contributed by atoms with Crippen LogP contribution in [-0.2, 0) is 4.79 Å². The van der Waals surface area contributed by atoms with E-state index in [1.807, 2.05) is 0 Å². The van der Waals surface area contributed by atoms with Crippen LogP contribution in [0.2, 0.25) is 10.0 Å². The van der Waals surface area contributed by atoms with Gasteiger partial charge in [-0.05, 0) is 24.6 Å². The predicted octanol–water partition coefficient (Wildman–Crippen LogP) is 3.37. The molecule has 0 heterocycles. The van der Waals surface area contributed by atoms with Crippen LogP contribution >= 0.6 is 23.2 Å². The highest BCUT2D eigenvalue weighted by atomic mass is 35.5. The van der Waals surface area contributed by atoms with Gasteiger partial charge in [-0.3, -0.25) is 4.79 Å². The number of halogens is 2. The number of carbonyl (C=O) groups excluding carboxylic acids is 1. The zero-order valence-electron chi connectivity index (χ0n) is 10.2. The van der Waals surface area contributed by atoms with Gasteiger partial charge in [-0.25, -0.2) is 4.79 Å². The van der Waals surface area contributed by atoms with Gasteiger partial charge in [0.2, 0.25) is 0 Å². The van der Waals surface area contributed by atoms with Gasteiger partial charge in [0.05, 0.1) is 17.1 Å². The predicted molar refractivity (Wildman–Crippen MR) is 74.9 cm³/mol. The molecule has 1 rings (SSSR count). The van der Waals surface area contributed by atoms with E-state index in [4.69, 9.17) is 28.3 Å². The Kier molecular flexibility index (Phi) is 5.92. The van der Waals surface area contributed by atoms with Gasteiger partial charge in [0.1, 0.15) is 0 Å². The zero-order chi connectivity index (χ0) is 14.4. The molecule has 1 atom stereocenters. The standard InChI is InChI=1S/C12H14Cl2N2O3/c1-2-8(6-11(17)18)15-12(19)16-10-5-7(13)3-4-9(10)14/h3-5,8H,2,6H2,1H3,(H,17,18)(H2,15,16,19). The maximum atomic E-state index is 11.7. The molecule has 0 bridgehead atoms. The van der Waals surface area contributed by atoms with E-state index < -0.39 is 18.0 Å². The first-order valence-corrected chi connectivity index (χ1v) is 6.42. The zero-order valence-corrected chi connectivity index (χ0v) is 11.8. The summed E-state index contributed by atoms with van der Waals surface area (Å²) < 4.78 is 0. The number of hydrogen-bond acceptors (Lipinski definition) is 2. The molecule has 3 N–H and O–H groups in total. The smallest absolute Gasteiger partial charge is 0.319 e. The summed E-state index contributed by atoms with van der Waals surface area (Å²) >= 11 is 11.7. The Morgan fingerprint density at radius 2 is 2.05 bits per heavy atom. The van der Waals surface area contributed by atoms with Crippen LogP contribution in [0, 0.1) is 0 Å². The third-order valence-electron chi connectivity index (χ3n) is 2.43. The summed E-state index contributed by atoms with van der Waals surface area (Å²) in [6.07, 6.45) is 0.385. The number of amides is 2. The maximum absolute atomic E-state index is 11.7. The molecule has 1 aromatic carbocycles. The topological polar surface area (TPSA) is 78.4 Å². The molecular weight excluding hydrogens is 291 g/mol. The highest BCUT2D eigenvalue weighted by molar-refractivity contribution is 6.35. The Bertz CT molecular complexity index is 480. The van der Waals surface area contributed by atoms with E-state index in [2.05, 4.69) is 10.6 Å². The van der Waals surface area contributed by atoms with Crippen molar-refractivity contribution < 1.29 is 14.7 Å². The number of carbonyl (C=O) groups is 2. The van der Waals surface area contributed by atoms with Crippen LogP contribution in [0.1, 0.15) is 19.8 Å². The molecule has 7 heteroatoms. The summed E-state index contributed by atoms with van der Waals surface area (Å²) in [4.78, 5) is 22.3. The number of hydrogen-bond donors (Lipinski definition) is 3. The van der Waals surface area contributed by atoms with Crippen LogP contribution in [-0.4, -0.2) is 23.1 Å². The van der Waals surface area contributed by atoms with Crippen LogP contribution in [0.25, 0.3) is 0 Å². The number of urea groups is 1. The van der Waals surface area contributed by atoms with E-state index in [0.29, 0.717) is 22.2 Å². The highest BCUT2D eigenvalue weighted by Crippen LogP contribution is 2.25. The van der Waals surface area contributed by atoms with Gasteiger partial charge in [-0.15, -0.1) is 0 Å². The fraction of sp³-hybridized carbons (Fsp3) is 0.333. The highest BCUT2D eigenvalue weighted by Gasteiger charge is 2.14. The molecule has 19 heavy (non-hydrogen) atoms. The van der Waals surface area contributed by atoms with Crippen molar-refractivity contribution in [3.8, 4) is 0 Å². The van der Waals surface area contributed by atoms with Crippen molar-refractivity contribution in [3.63, 3.8) is 0 Å². The molecule has 1 aromatic rings. The quantitative estimate of drug-likeness (QED) is 0.780. The number of benzene rings is 1. The average molecular weight is 305 g/mol. The van der Waals surface area contributed by atoms with Gasteiger partial charge in [0, 0.05) is 11.1 Å². The molecule has 0 aromatic heterocycles. The lowest BCUT2D eigenvalue weighted by Gasteiger charge is -2.16. The van der Waals surface area contributed by atoms with Gasteiger partial charge in [-0.1, -0.05) is 30.1 Å². The van der Waals surface area contributed by atoms with Gasteiger partial charge < -0.3 is 15.7 Å². The van der Waals surface area contributed by atoms with Gasteiger partial charge >= 0.3 is 12.0 Å². The van der Waals surface area contributed by atoms with Crippen molar-refractivity contribution in [2.24, 2.45) is 0 Å². The Morgan fingerprint density at radius 3 is 2.63 bits per heavy atom. The minimum Gasteiger partial charge on any atom is -0.481 e. The third-order valence-corrected chi connectivity index (χ3v) is 2.99. The Labute approximate surface area is 120 Å². The van der Waals surface area contributed by atoms with Crippen LogP contribution in [0.5, 0.6) is 0 Å². The third kappa shape index (κ3) is 5.36. The molecule has 0 aliphatic carbocycles. The fourth-order valence-electron chi connectivity index (χ4n) is 1.45. The summed E-state index contributed by atoms with van der Waals surface area (Å²) in [5, 5.41) is 14.6. The van der Waals surface area contributed by atoms with E-state index in [-0.39, 0.29) is 6.42 Å². The second kappa shape index (κ2) is 7.21. The SMILES string of the molecule is CCC(CC(=O)O)NC(=O)Nc1cc(Cl)ccc1Cl. The van der Waals surface area contributed by atoms with Crippen molar-refractivity contribution in [3.05, 3.63) is 28.2 Å². The summed E-state index contributed by atoms with van der Waals surface area (Å²) in [6, 6.07) is 3.73. The number of nitrogens with one attached hydrogen (secondary N) is 2. The van der Waals surface area contributed by atoms with Crippen molar-refractivity contribution in [1.82, 2.24) is 5.32 Å². The summed E-state index contributed by atoms with van der Waals surface area (Å²) in [6.45, 7) is 1.79. The summed E-state index contributed by atoms with van der Waals surface area (Å²) in [7, 11) is 0. The van der Waals surface area contributed by atoms with E-state index in [1.54, 1.807) is 19.1 Å². The first kappa shape index (κ1) is 15.6. The Hall–Kier alpha value is -1.46. The fourth-order valence-corrected chi connectivity index (χ4v) is 1.78. The number of carboxylic acid groups (broad SMARTS) is 1. The molecule has 0 saturated heterocycles. The molecule has 1 unspecified atom stereocenters. The van der Waals surface area contributed by atoms with Crippen LogP contribution in [0.15, 0.2) is 18.2 Å². The molecule has 0 saturated carbocycles. The molecule has 0 radical (unpaired) electrons. The molecule has 0 aliphatic heterocycles. The molecule has 0 fully saturated rings. The largest absolute Gasteiger partial charge is 0.481 e. The average Bonchev–Trinajstić information content (AvgIpc) is 2.32. The molecule has 5 nitrogen and oxygen atoms in total. The van der Waals surface area contributed by atoms with E-state index >= 15 is 0 Å². The summed E-state index contributed by atoms with van der Waals surface area (Å²) in [5.74, 6) is -0.965. The Balaban J connectivity index is 2.63. The lowest BCUT2D eigenvalue weighted by molar-refractivity contribution is -0.137. The molecule has 0 spiro atoms. The molecule has 104 valence electrons.